The van der Waals surface area contributed by atoms with Gasteiger partial charge in [0.15, 0.2) is 0 Å². The molecule has 0 saturated heterocycles. The van der Waals surface area contributed by atoms with Gasteiger partial charge in [-0.05, 0) is 35.0 Å². The number of ether oxygens (including phenoxy) is 1. The van der Waals surface area contributed by atoms with Gasteiger partial charge < -0.3 is 9.64 Å². The topological polar surface area (TPSA) is 63.7 Å². The van der Waals surface area contributed by atoms with Crippen molar-refractivity contribution in [1.29, 1.82) is 0 Å². The number of carbonyl (C=O) groups excluding carboxylic acids is 3. The standard InChI is InChI=1S/C14H11BrFNO4/c1-7(14(20)21-2)3-4-17-11-6-10(16)9(15)5-8(11)12(18)13(17)19/h3,5-6H,4H2,1-2H3. The molecule has 0 bridgehead atoms. The monoisotopic (exact) mass is 355 g/mol. The first-order chi connectivity index (χ1) is 9.86. The molecule has 0 aliphatic carbocycles. The maximum absolute atomic E-state index is 13.6. The van der Waals surface area contributed by atoms with Gasteiger partial charge in [-0.1, -0.05) is 6.08 Å². The zero-order chi connectivity index (χ0) is 15.7. The van der Waals surface area contributed by atoms with Gasteiger partial charge in [-0.2, -0.15) is 0 Å². The van der Waals surface area contributed by atoms with Gasteiger partial charge in [-0.25, -0.2) is 9.18 Å². The van der Waals surface area contributed by atoms with E-state index in [9.17, 15) is 18.8 Å². The summed E-state index contributed by atoms with van der Waals surface area (Å²) in [4.78, 5) is 36.2. The number of hydrogen-bond acceptors (Lipinski definition) is 4. The zero-order valence-electron chi connectivity index (χ0n) is 11.3. The van der Waals surface area contributed by atoms with Crippen molar-refractivity contribution in [3.63, 3.8) is 0 Å². The van der Waals surface area contributed by atoms with Gasteiger partial charge in [0.25, 0.3) is 11.7 Å². The van der Waals surface area contributed by atoms with Crippen molar-refractivity contribution in [3.8, 4) is 0 Å². The number of nitrogens with zero attached hydrogens (tertiary/aromatic N) is 1. The normalized spacial score (nSPS) is 14.5. The van der Waals surface area contributed by atoms with Crippen LogP contribution in [0.4, 0.5) is 10.1 Å². The quantitative estimate of drug-likeness (QED) is 0.473. The Labute approximate surface area is 128 Å². The number of fused-ring (bicyclic) bond motifs is 1. The molecule has 1 aromatic rings. The van der Waals surface area contributed by atoms with Crippen molar-refractivity contribution in [1.82, 2.24) is 0 Å². The summed E-state index contributed by atoms with van der Waals surface area (Å²) in [5.41, 5.74) is 0.626. The Bertz CT molecular complexity index is 684. The van der Waals surface area contributed by atoms with E-state index in [0.717, 1.165) is 11.0 Å². The second-order valence-corrected chi connectivity index (χ2v) is 5.26. The zero-order valence-corrected chi connectivity index (χ0v) is 12.9. The second kappa shape index (κ2) is 5.77. The molecule has 1 aliphatic heterocycles. The van der Waals surface area contributed by atoms with Crippen LogP contribution in [0.25, 0.3) is 0 Å². The van der Waals surface area contributed by atoms with Crippen molar-refractivity contribution in [3.05, 3.63) is 39.6 Å². The van der Waals surface area contributed by atoms with Gasteiger partial charge in [0.1, 0.15) is 5.82 Å². The summed E-state index contributed by atoms with van der Waals surface area (Å²) in [5.74, 6) is -2.56. The van der Waals surface area contributed by atoms with E-state index in [1.807, 2.05) is 0 Å². The fourth-order valence-electron chi connectivity index (χ4n) is 1.94. The Morgan fingerprint density at radius 1 is 1.43 bits per heavy atom. The molecule has 1 aliphatic rings. The molecule has 0 unspecified atom stereocenters. The highest BCUT2D eigenvalue weighted by molar-refractivity contribution is 9.10. The van der Waals surface area contributed by atoms with Gasteiger partial charge in [0.2, 0.25) is 0 Å². The molecule has 7 heteroatoms. The summed E-state index contributed by atoms with van der Waals surface area (Å²) in [7, 11) is 1.24. The third-order valence-corrected chi connectivity index (χ3v) is 3.71. The van der Waals surface area contributed by atoms with Crippen LogP contribution >= 0.6 is 15.9 Å². The average molecular weight is 356 g/mol. The van der Waals surface area contributed by atoms with Crippen LogP contribution in [0.1, 0.15) is 17.3 Å². The van der Waals surface area contributed by atoms with Crippen LogP contribution in [0.3, 0.4) is 0 Å². The van der Waals surface area contributed by atoms with E-state index in [0.29, 0.717) is 5.57 Å². The predicted molar refractivity (Wildman–Crippen MR) is 76.6 cm³/mol. The van der Waals surface area contributed by atoms with E-state index in [1.54, 1.807) is 0 Å². The lowest BCUT2D eigenvalue weighted by Gasteiger charge is -2.14. The molecule has 0 radical (unpaired) electrons. The molecular formula is C14H11BrFNO4. The van der Waals surface area contributed by atoms with E-state index in [1.165, 1.54) is 26.2 Å². The van der Waals surface area contributed by atoms with Gasteiger partial charge in [0, 0.05) is 12.1 Å². The van der Waals surface area contributed by atoms with E-state index in [4.69, 9.17) is 0 Å². The molecule has 0 spiro atoms. The number of halogens is 2. The largest absolute Gasteiger partial charge is 0.466 e. The Morgan fingerprint density at radius 2 is 2.10 bits per heavy atom. The Hall–Kier alpha value is -2.02. The maximum Gasteiger partial charge on any atom is 0.333 e. The number of carbonyl (C=O) groups is 3. The SMILES string of the molecule is COC(=O)C(C)=CCN1C(=O)C(=O)c2cc(Br)c(F)cc21. The lowest BCUT2D eigenvalue weighted by molar-refractivity contribution is -0.136. The highest BCUT2D eigenvalue weighted by Gasteiger charge is 2.36. The maximum atomic E-state index is 13.6. The van der Waals surface area contributed by atoms with Gasteiger partial charge in [-0.3, -0.25) is 9.59 Å². The highest BCUT2D eigenvalue weighted by atomic mass is 79.9. The summed E-state index contributed by atoms with van der Waals surface area (Å²) >= 11 is 2.98. The number of esters is 1. The molecule has 0 N–H and O–H groups in total. The number of anilines is 1. The molecular weight excluding hydrogens is 345 g/mol. The van der Waals surface area contributed by atoms with Crippen LogP contribution in [0.2, 0.25) is 0 Å². The third kappa shape index (κ3) is 2.73. The molecule has 0 atom stereocenters. The summed E-state index contributed by atoms with van der Waals surface area (Å²) in [6.07, 6.45) is 1.45. The minimum atomic E-state index is -0.753. The predicted octanol–water partition coefficient (Wildman–Crippen LogP) is 2.24. The van der Waals surface area contributed by atoms with Crippen LogP contribution in [0.5, 0.6) is 0 Å². The Morgan fingerprint density at radius 3 is 2.71 bits per heavy atom. The van der Waals surface area contributed by atoms with E-state index >= 15 is 0 Å². The Balaban J connectivity index is 2.35. The molecule has 1 heterocycles. The summed E-state index contributed by atoms with van der Waals surface area (Å²) in [5, 5.41) is 0. The molecule has 1 amide bonds. The number of Topliss-reactive ketones (excluding diaryl/α,β-unsaturated/α-hetero) is 1. The highest BCUT2D eigenvalue weighted by Crippen LogP contribution is 2.33. The number of amides is 1. The van der Waals surface area contributed by atoms with Crippen molar-refractivity contribution >= 4 is 39.3 Å². The van der Waals surface area contributed by atoms with Gasteiger partial charge in [-0.15, -0.1) is 0 Å². The molecule has 5 nitrogen and oxygen atoms in total. The van der Waals surface area contributed by atoms with Crippen LogP contribution in [0.15, 0.2) is 28.3 Å². The summed E-state index contributed by atoms with van der Waals surface area (Å²) < 4.78 is 18.2. The van der Waals surface area contributed by atoms with E-state index in [-0.39, 0.29) is 22.3 Å². The van der Waals surface area contributed by atoms with E-state index in [2.05, 4.69) is 20.7 Å². The third-order valence-electron chi connectivity index (χ3n) is 3.10. The molecule has 110 valence electrons. The van der Waals surface area contributed by atoms with Crippen LogP contribution in [0, 0.1) is 5.82 Å². The summed E-state index contributed by atoms with van der Waals surface area (Å²) in [6.45, 7) is 1.51. The molecule has 0 saturated carbocycles. The second-order valence-electron chi connectivity index (χ2n) is 4.41. The van der Waals surface area contributed by atoms with Crippen LogP contribution in [-0.2, 0) is 14.3 Å². The minimum absolute atomic E-state index is 0.0143. The number of methoxy groups -OCH3 is 1. The molecule has 0 fully saturated rings. The van der Waals surface area contributed by atoms with Gasteiger partial charge in [0.05, 0.1) is 22.8 Å². The van der Waals surface area contributed by atoms with Crippen molar-refractivity contribution in [2.45, 2.75) is 6.92 Å². The first kappa shape index (κ1) is 15.4. The molecule has 21 heavy (non-hydrogen) atoms. The lowest BCUT2D eigenvalue weighted by Crippen LogP contribution is -2.30. The van der Waals surface area contributed by atoms with Crippen LogP contribution < -0.4 is 4.90 Å². The van der Waals surface area contributed by atoms with Crippen molar-refractivity contribution in [2.24, 2.45) is 0 Å². The first-order valence-corrected chi connectivity index (χ1v) is 6.76. The fraction of sp³-hybridized carbons (Fsp3) is 0.214. The lowest BCUT2D eigenvalue weighted by atomic mass is 10.1. The number of ketones is 1. The van der Waals surface area contributed by atoms with Gasteiger partial charge >= 0.3 is 5.97 Å². The van der Waals surface area contributed by atoms with Crippen molar-refractivity contribution in [2.75, 3.05) is 18.6 Å². The fourth-order valence-corrected chi connectivity index (χ4v) is 2.29. The average Bonchev–Trinajstić information content (AvgIpc) is 2.68. The van der Waals surface area contributed by atoms with Crippen molar-refractivity contribution < 1.29 is 23.5 Å². The number of rotatable bonds is 3. The number of hydrogen-bond donors (Lipinski definition) is 0. The van der Waals surface area contributed by atoms with E-state index < -0.39 is 23.5 Å². The summed E-state index contributed by atoms with van der Waals surface area (Å²) in [6, 6.07) is 2.39. The van der Waals surface area contributed by atoms with Crippen LogP contribution in [-0.4, -0.2) is 31.3 Å². The first-order valence-electron chi connectivity index (χ1n) is 5.97. The smallest absolute Gasteiger partial charge is 0.333 e. The molecule has 1 aromatic carbocycles. The molecule has 2 rings (SSSR count). The minimum Gasteiger partial charge on any atom is -0.466 e. The Kier molecular flexibility index (Phi) is 4.22. The molecule has 0 aromatic heterocycles. The number of benzene rings is 1.